The number of carbonyl (C=O) groups is 1. The minimum absolute atomic E-state index is 0.0232. The van der Waals surface area contributed by atoms with Crippen molar-refractivity contribution in [3.05, 3.63) is 46.5 Å². The quantitative estimate of drug-likeness (QED) is 0.457. The van der Waals surface area contributed by atoms with Crippen LogP contribution in [0, 0.1) is 18.8 Å². The summed E-state index contributed by atoms with van der Waals surface area (Å²) in [6, 6.07) is 7.21. The normalized spacial score (nSPS) is 37.1. The van der Waals surface area contributed by atoms with Crippen molar-refractivity contribution in [1.82, 2.24) is 0 Å². The van der Waals surface area contributed by atoms with E-state index in [1.54, 1.807) is 19.9 Å². The summed E-state index contributed by atoms with van der Waals surface area (Å²) >= 11 is 0. The van der Waals surface area contributed by atoms with Gasteiger partial charge in [0.2, 0.25) is 6.79 Å². The highest BCUT2D eigenvalue weighted by molar-refractivity contribution is 5.79. The maximum absolute atomic E-state index is 13.3. The minimum atomic E-state index is -1.42. The topological polar surface area (TPSA) is 152 Å². The second-order valence-electron chi connectivity index (χ2n) is 11.1. The van der Waals surface area contributed by atoms with Gasteiger partial charge in [-0.1, -0.05) is 6.07 Å². The first-order valence-corrected chi connectivity index (χ1v) is 13.7. The van der Waals surface area contributed by atoms with Gasteiger partial charge in [0, 0.05) is 11.8 Å². The Morgan fingerprint density at radius 3 is 2.46 bits per heavy atom. The van der Waals surface area contributed by atoms with Crippen LogP contribution in [0.4, 0.5) is 0 Å². The highest BCUT2D eigenvalue weighted by Crippen LogP contribution is 2.56. The molecule has 7 rings (SSSR count). The molecule has 8 unspecified atom stereocenters. The molecule has 3 N–H and O–H groups in total. The van der Waals surface area contributed by atoms with Gasteiger partial charge in [0.1, 0.15) is 24.4 Å². The molecule has 1 aliphatic carbocycles. The summed E-state index contributed by atoms with van der Waals surface area (Å²) < 4.78 is 46.2. The fourth-order valence-corrected chi connectivity index (χ4v) is 6.75. The Morgan fingerprint density at radius 1 is 0.951 bits per heavy atom. The predicted octanol–water partition coefficient (Wildman–Crippen LogP) is 1.64. The van der Waals surface area contributed by atoms with E-state index in [0.717, 1.165) is 11.1 Å². The number of methoxy groups -OCH3 is 1. The fraction of sp³-hybridized carbons (Fsp3) is 0.552. The minimum Gasteiger partial charge on any atom is -0.504 e. The van der Waals surface area contributed by atoms with Crippen LogP contribution in [0.1, 0.15) is 41.2 Å². The van der Waals surface area contributed by atoms with Crippen molar-refractivity contribution in [2.24, 2.45) is 11.8 Å². The van der Waals surface area contributed by atoms with Gasteiger partial charge < -0.3 is 53.2 Å². The summed E-state index contributed by atoms with van der Waals surface area (Å²) in [7, 11) is 1.47. The van der Waals surface area contributed by atoms with Crippen LogP contribution in [0.5, 0.6) is 23.0 Å². The number of aryl methyl sites for hydroxylation is 1. The lowest BCUT2D eigenvalue weighted by Crippen LogP contribution is -2.63. The first-order chi connectivity index (χ1) is 19.7. The Morgan fingerprint density at radius 2 is 1.71 bits per heavy atom. The number of aromatic hydroxyl groups is 1. The molecule has 3 fully saturated rings. The molecule has 0 spiro atoms. The molecule has 4 aliphatic heterocycles. The third kappa shape index (κ3) is 4.24. The Hall–Kier alpha value is -3.13. The number of rotatable bonds is 4. The van der Waals surface area contributed by atoms with E-state index in [4.69, 9.17) is 37.9 Å². The second kappa shape index (κ2) is 10.0. The summed E-state index contributed by atoms with van der Waals surface area (Å²) in [6.45, 7) is 3.76. The highest BCUT2D eigenvalue weighted by atomic mass is 16.8. The smallest absolute Gasteiger partial charge is 0.310 e. The number of aliphatic hydroxyl groups excluding tert-OH is 2. The molecular formula is C29H32O12. The van der Waals surface area contributed by atoms with E-state index in [1.165, 1.54) is 7.11 Å². The van der Waals surface area contributed by atoms with Gasteiger partial charge in [0.05, 0.1) is 32.3 Å². The van der Waals surface area contributed by atoms with Crippen molar-refractivity contribution in [2.45, 2.75) is 62.9 Å². The van der Waals surface area contributed by atoms with E-state index in [0.29, 0.717) is 22.6 Å². The van der Waals surface area contributed by atoms with Crippen LogP contribution in [0.25, 0.3) is 0 Å². The maximum Gasteiger partial charge on any atom is 0.310 e. The number of hydrogen-bond acceptors (Lipinski definition) is 12. The van der Waals surface area contributed by atoms with Crippen LogP contribution in [0.3, 0.4) is 0 Å². The molecule has 0 aromatic heterocycles. The molecule has 2 aromatic rings. The maximum atomic E-state index is 13.3. The number of phenolic OH excluding ortho intramolecular Hbond substituents is 1. The van der Waals surface area contributed by atoms with E-state index >= 15 is 0 Å². The number of carbonyl (C=O) groups excluding carboxylic acids is 1. The second-order valence-corrected chi connectivity index (χ2v) is 11.1. The van der Waals surface area contributed by atoms with E-state index < -0.39 is 66.8 Å². The van der Waals surface area contributed by atoms with Crippen LogP contribution in [0.15, 0.2) is 24.3 Å². The Labute approximate surface area is 235 Å². The zero-order valence-electron chi connectivity index (χ0n) is 22.7. The average molecular weight is 573 g/mol. The summed E-state index contributed by atoms with van der Waals surface area (Å²) in [5.41, 5.74) is 2.80. The van der Waals surface area contributed by atoms with E-state index in [1.807, 2.05) is 18.2 Å². The highest BCUT2D eigenvalue weighted by Gasteiger charge is 2.56. The number of cyclic esters (lactones) is 1. The molecule has 0 bridgehead atoms. The zero-order valence-corrected chi connectivity index (χ0v) is 22.7. The summed E-state index contributed by atoms with van der Waals surface area (Å²) in [4.78, 5) is 13.3. The lowest BCUT2D eigenvalue weighted by Gasteiger charge is -2.47. The van der Waals surface area contributed by atoms with Gasteiger partial charge in [0.15, 0.2) is 35.6 Å². The van der Waals surface area contributed by atoms with E-state index in [9.17, 15) is 20.1 Å². The van der Waals surface area contributed by atoms with Crippen molar-refractivity contribution in [3.8, 4) is 23.0 Å². The summed E-state index contributed by atoms with van der Waals surface area (Å²) in [5.74, 6) is -0.652. The van der Waals surface area contributed by atoms with Crippen molar-refractivity contribution in [3.63, 3.8) is 0 Å². The van der Waals surface area contributed by atoms with Crippen molar-refractivity contribution in [2.75, 3.05) is 27.1 Å². The standard InChI is InChI=1S/C29H32O12/c1-11-4-13(5-19(34-3)23(11)30)21-14-6-17-18(38-10-37-17)7-15(14)26(16-8-36-28(33)22(16)21)41-29-25(32)24(31)27-20(40-29)9-35-12(2)39-27/h4-7,12,16,20-22,24-27,29-32H,8-10H2,1-3H3/t12?,16-,20?,21+,22?,24?,25?,26?,27?,29?/m0/s1. The van der Waals surface area contributed by atoms with Gasteiger partial charge in [-0.25, -0.2) is 0 Å². The van der Waals surface area contributed by atoms with Gasteiger partial charge in [-0.15, -0.1) is 0 Å². The van der Waals surface area contributed by atoms with Crippen LogP contribution in [0.2, 0.25) is 0 Å². The largest absolute Gasteiger partial charge is 0.504 e. The average Bonchev–Trinajstić information content (AvgIpc) is 3.58. The molecule has 12 heteroatoms. The lowest BCUT2D eigenvalue weighted by molar-refractivity contribution is -0.364. The first-order valence-electron chi connectivity index (χ1n) is 13.7. The van der Waals surface area contributed by atoms with Crippen molar-refractivity contribution >= 4 is 5.97 Å². The zero-order chi connectivity index (χ0) is 28.6. The molecule has 0 radical (unpaired) electrons. The Balaban J connectivity index is 1.31. The molecule has 4 heterocycles. The van der Waals surface area contributed by atoms with Gasteiger partial charge in [0.25, 0.3) is 0 Å². The molecule has 12 nitrogen and oxygen atoms in total. The van der Waals surface area contributed by atoms with Crippen LogP contribution in [-0.2, 0) is 28.5 Å². The number of hydrogen-bond donors (Lipinski definition) is 3. The number of esters is 1. The molecule has 0 amide bonds. The lowest BCUT2D eigenvalue weighted by atomic mass is 9.66. The molecule has 0 saturated carbocycles. The number of ether oxygens (including phenoxy) is 8. The van der Waals surface area contributed by atoms with Crippen molar-refractivity contribution in [1.29, 1.82) is 0 Å². The number of phenols is 1. The Bertz CT molecular complexity index is 1360. The molecule has 41 heavy (non-hydrogen) atoms. The van der Waals surface area contributed by atoms with Gasteiger partial charge >= 0.3 is 5.97 Å². The number of benzene rings is 2. The van der Waals surface area contributed by atoms with E-state index in [2.05, 4.69) is 0 Å². The van der Waals surface area contributed by atoms with Crippen LogP contribution in [-0.4, -0.2) is 85.4 Å². The molecule has 10 atom stereocenters. The van der Waals surface area contributed by atoms with Crippen LogP contribution >= 0.6 is 0 Å². The van der Waals surface area contributed by atoms with Gasteiger partial charge in [-0.05, 0) is 54.3 Å². The SMILES string of the molecule is COc1cc([C@@H]2c3cc4c(cc3C(OC3OC5COC(C)OC5C(O)C3O)[C@H]3COC(=O)C23)OCO4)cc(C)c1O. The third-order valence-corrected chi connectivity index (χ3v) is 8.75. The Kier molecular flexibility index (Phi) is 6.53. The predicted molar refractivity (Wildman–Crippen MR) is 137 cm³/mol. The summed E-state index contributed by atoms with van der Waals surface area (Å²) in [6.07, 6.45) is -6.68. The van der Waals surface area contributed by atoms with Crippen LogP contribution < -0.4 is 14.2 Å². The molecule has 2 aromatic carbocycles. The van der Waals surface area contributed by atoms with Gasteiger partial charge in [-0.3, -0.25) is 4.79 Å². The first kappa shape index (κ1) is 26.7. The molecule has 5 aliphatic rings. The van der Waals surface area contributed by atoms with Gasteiger partial charge in [-0.2, -0.15) is 0 Å². The monoisotopic (exact) mass is 572 g/mol. The molecule has 220 valence electrons. The third-order valence-electron chi connectivity index (χ3n) is 8.75. The summed E-state index contributed by atoms with van der Waals surface area (Å²) in [5, 5.41) is 32.4. The van der Waals surface area contributed by atoms with Crippen molar-refractivity contribution < 1.29 is 58.0 Å². The number of fused-ring (bicyclic) bond motifs is 4. The fourth-order valence-electron chi connectivity index (χ4n) is 6.75. The number of aliphatic hydroxyl groups is 2. The molecule has 3 saturated heterocycles. The molecular weight excluding hydrogens is 540 g/mol. The van der Waals surface area contributed by atoms with E-state index in [-0.39, 0.29) is 31.5 Å².